The first-order chi connectivity index (χ1) is 10.5. The predicted octanol–water partition coefficient (Wildman–Crippen LogP) is 2.79. The number of rotatable bonds is 3. The van der Waals surface area contributed by atoms with Crippen LogP contribution in [0.3, 0.4) is 0 Å². The van der Waals surface area contributed by atoms with Gasteiger partial charge in [0.15, 0.2) is 0 Å². The molecule has 0 unspecified atom stereocenters. The molecule has 5 nitrogen and oxygen atoms in total. The number of hydrogen-bond acceptors (Lipinski definition) is 4. The van der Waals surface area contributed by atoms with Gasteiger partial charge in [-0.05, 0) is 12.1 Å². The van der Waals surface area contributed by atoms with Crippen LogP contribution in [-0.4, -0.2) is 23.3 Å². The Labute approximate surface area is 133 Å². The van der Waals surface area contributed by atoms with E-state index < -0.39 is 0 Å². The van der Waals surface area contributed by atoms with Gasteiger partial charge in [-0.3, -0.25) is 9.59 Å². The maximum Gasteiger partial charge on any atom is 0.244 e. The van der Waals surface area contributed by atoms with Crippen molar-refractivity contribution in [3.63, 3.8) is 0 Å². The maximum atomic E-state index is 12.6. The molecule has 1 aromatic heterocycles. The standard InChI is InChI=1S/C16H17N3O2S/c1-10(2)16-17-11(9-22-16)7-15(21)19-8-14(20)18-12-5-3-4-6-13(12)19/h3-6,9-10H,7-8H2,1-2H3,(H,18,20). The van der Waals surface area contributed by atoms with E-state index >= 15 is 0 Å². The minimum atomic E-state index is -0.173. The molecule has 2 aromatic rings. The molecule has 1 aliphatic heterocycles. The van der Waals surface area contributed by atoms with E-state index in [-0.39, 0.29) is 24.8 Å². The summed E-state index contributed by atoms with van der Waals surface area (Å²) in [7, 11) is 0. The third-order valence-electron chi connectivity index (χ3n) is 3.47. The van der Waals surface area contributed by atoms with Crippen molar-refractivity contribution < 1.29 is 9.59 Å². The Bertz CT molecular complexity index is 724. The van der Waals surface area contributed by atoms with Gasteiger partial charge >= 0.3 is 0 Å². The Kier molecular flexibility index (Phi) is 3.94. The van der Waals surface area contributed by atoms with Crippen LogP contribution < -0.4 is 10.2 Å². The molecule has 22 heavy (non-hydrogen) atoms. The topological polar surface area (TPSA) is 62.3 Å². The van der Waals surface area contributed by atoms with Crippen molar-refractivity contribution in [2.24, 2.45) is 0 Å². The Morgan fingerprint density at radius 2 is 2.18 bits per heavy atom. The summed E-state index contributed by atoms with van der Waals surface area (Å²) in [4.78, 5) is 30.4. The normalized spacial score (nSPS) is 14.0. The average molecular weight is 315 g/mol. The first-order valence-electron chi connectivity index (χ1n) is 7.18. The van der Waals surface area contributed by atoms with Crippen LogP contribution in [0, 0.1) is 0 Å². The first kappa shape index (κ1) is 14.7. The van der Waals surface area contributed by atoms with Gasteiger partial charge in [0.2, 0.25) is 11.8 Å². The third kappa shape index (κ3) is 2.87. The van der Waals surface area contributed by atoms with Crippen molar-refractivity contribution in [2.75, 3.05) is 16.8 Å². The lowest BCUT2D eigenvalue weighted by atomic mass is 10.1. The molecule has 0 fully saturated rings. The van der Waals surface area contributed by atoms with Crippen molar-refractivity contribution in [1.29, 1.82) is 0 Å². The molecule has 3 rings (SSSR count). The van der Waals surface area contributed by atoms with Crippen molar-refractivity contribution in [2.45, 2.75) is 26.2 Å². The molecule has 0 aliphatic carbocycles. The number of para-hydroxylation sites is 2. The van der Waals surface area contributed by atoms with Crippen molar-refractivity contribution in [3.8, 4) is 0 Å². The highest BCUT2D eigenvalue weighted by Gasteiger charge is 2.27. The monoisotopic (exact) mass is 315 g/mol. The fourth-order valence-corrected chi connectivity index (χ4v) is 3.21. The molecule has 2 heterocycles. The van der Waals surface area contributed by atoms with E-state index in [1.54, 1.807) is 17.4 Å². The number of carbonyl (C=O) groups excluding carboxylic acids is 2. The van der Waals surface area contributed by atoms with Gasteiger partial charge in [-0.1, -0.05) is 26.0 Å². The Hall–Kier alpha value is -2.21. The van der Waals surface area contributed by atoms with Crippen LogP contribution in [0.15, 0.2) is 29.6 Å². The number of nitrogens with zero attached hydrogens (tertiary/aromatic N) is 2. The first-order valence-corrected chi connectivity index (χ1v) is 8.06. The Morgan fingerprint density at radius 3 is 2.91 bits per heavy atom. The number of aromatic nitrogens is 1. The summed E-state index contributed by atoms with van der Waals surface area (Å²) in [5, 5.41) is 5.73. The number of thiazole rings is 1. The molecule has 0 bridgehead atoms. The molecule has 6 heteroatoms. The number of nitrogens with one attached hydrogen (secondary N) is 1. The van der Waals surface area contributed by atoms with Crippen LogP contribution in [0.4, 0.5) is 11.4 Å². The zero-order chi connectivity index (χ0) is 15.7. The lowest BCUT2D eigenvalue weighted by Crippen LogP contribution is -2.42. The van der Waals surface area contributed by atoms with E-state index in [0.717, 1.165) is 16.4 Å². The van der Waals surface area contributed by atoms with Gasteiger partial charge in [0.1, 0.15) is 6.54 Å². The highest BCUT2D eigenvalue weighted by atomic mass is 32.1. The zero-order valence-corrected chi connectivity index (χ0v) is 13.3. The second-order valence-corrected chi connectivity index (χ2v) is 6.44. The number of benzene rings is 1. The van der Waals surface area contributed by atoms with E-state index in [1.165, 1.54) is 4.90 Å². The van der Waals surface area contributed by atoms with Crippen LogP contribution >= 0.6 is 11.3 Å². The molecule has 1 aromatic carbocycles. The number of fused-ring (bicyclic) bond motifs is 1. The molecule has 0 atom stereocenters. The van der Waals surface area contributed by atoms with E-state index in [1.807, 2.05) is 23.6 Å². The highest BCUT2D eigenvalue weighted by molar-refractivity contribution is 7.09. The molecule has 1 N–H and O–H groups in total. The summed E-state index contributed by atoms with van der Waals surface area (Å²) < 4.78 is 0. The smallest absolute Gasteiger partial charge is 0.244 e. The van der Waals surface area contributed by atoms with Crippen LogP contribution in [0.25, 0.3) is 0 Å². The molecule has 0 saturated heterocycles. The second-order valence-electron chi connectivity index (χ2n) is 5.55. The minimum Gasteiger partial charge on any atom is -0.323 e. The van der Waals surface area contributed by atoms with Crippen molar-refractivity contribution in [1.82, 2.24) is 4.98 Å². The Morgan fingerprint density at radius 1 is 1.41 bits per heavy atom. The molecule has 2 amide bonds. The summed E-state index contributed by atoms with van der Waals surface area (Å²) in [5.74, 6) is 0.0754. The van der Waals surface area contributed by atoms with E-state index in [2.05, 4.69) is 24.1 Å². The zero-order valence-electron chi connectivity index (χ0n) is 12.5. The van der Waals surface area contributed by atoms with Gasteiger partial charge in [-0.25, -0.2) is 4.98 Å². The summed E-state index contributed by atoms with van der Waals surface area (Å²) in [6.07, 6.45) is 0.213. The molecule has 0 saturated carbocycles. The van der Waals surface area contributed by atoms with E-state index in [0.29, 0.717) is 11.6 Å². The van der Waals surface area contributed by atoms with Gasteiger partial charge in [0.05, 0.1) is 28.5 Å². The number of amides is 2. The van der Waals surface area contributed by atoms with Gasteiger partial charge in [0.25, 0.3) is 0 Å². The van der Waals surface area contributed by atoms with Gasteiger partial charge in [-0.2, -0.15) is 0 Å². The molecule has 0 spiro atoms. The van der Waals surface area contributed by atoms with Crippen LogP contribution in [-0.2, 0) is 16.0 Å². The molecule has 0 radical (unpaired) electrons. The number of hydrogen-bond donors (Lipinski definition) is 1. The van der Waals surface area contributed by atoms with Gasteiger partial charge < -0.3 is 10.2 Å². The maximum absolute atomic E-state index is 12.6. The minimum absolute atomic E-state index is 0.0526. The average Bonchev–Trinajstić information content (AvgIpc) is 2.95. The lowest BCUT2D eigenvalue weighted by Gasteiger charge is -2.29. The van der Waals surface area contributed by atoms with Gasteiger partial charge in [0, 0.05) is 11.3 Å². The van der Waals surface area contributed by atoms with E-state index in [4.69, 9.17) is 0 Å². The van der Waals surface area contributed by atoms with Crippen LogP contribution in [0.2, 0.25) is 0 Å². The van der Waals surface area contributed by atoms with Crippen molar-refractivity contribution >= 4 is 34.5 Å². The second kappa shape index (κ2) is 5.88. The van der Waals surface area contributed by atoms with Crippen LogP contribution in [0.5, 0.6) is 0 Å². The summed E-state index contributed by atoms with van der Waals surface area (Å²) in [5.41, 5.74) is 2.18. The summed E-state index contributed by atoms with van der Waals surface area (Å²) in [6, 6.07) is 7.33. The van der Waals surface area contributed by atoms with Crippen molar-refractivity contribution in [3.05, 3.63) is 40.3 Å². The number of carbonyl (C=O) groups is 2. The Balaban J connectivity index is 1.81. The molecular formula is C16H17N3O2S. The third-order valence-corrected chi connectivity index (χ3v) is 4.66. The molecular weight excluding hydrogens is 298 g/mol. The number of anilines is 2. The van der Waals surface area contributed by atoms with E-state index in [9.17, 15) is 9.59 Å². The highest BCUT2D eigenvalue weighted by Crippen LogP contribution is 2.29. The quantitative estimate of drug-likeness (QED) is 0.947. The van der Waals surface area contributed by atoms with Crippen LogP contribution in [0.1, 0.15) is 30.5 Å². The summed E-state index contributed by atoms with van der Waals surface area (Å²) >= 11 is 1.57. The lowest BCUT2D eigenvalue weighted by molar-refractivity contribution is -0.121. The van der Waals surface area contributed by atoms with Gasteiger partial charge in [-0.15, -0.1) is 11.3 Å². The molecule has 114 valence electrons. The molecule has 1 aliphatic rings. The fraction of sp³-hybridized carbons (Fsp3) is 0.312. The summed E-state index contributed by atoms with van der Waals surface area (Å²) in [6.45, 7) is 4.21. The SMILES string of the molecule is CC(C)c1nc(CC(=O)N2CC(=O)Nc3ccccc32)cs1. The predicted molar refractivity (Wildman–Crippen MR) is 87.3 cm³/mol. The largest absolute Gasteiger partial charge is 0.323 e. The fourth-order valence-electron chi connectivity index (χ4n) is 2.38.